The van der Waals surface area contributed by atoms with Crippen LogP contribution < -0.4 is 11.1 Å². The highest BCUT2D eigenvalue weighted by Crippen LogP contribution is 2.24. The van der Waals surface area contributed by atoms with E-state index in [9.17, 15) is 0 Å². The summed E-state index contributed by atoms with van der Waals surface area (Å²) in [7, 11) is 0. The summed E-state index contributed by atoms with van der Waals surface area (Å²) in [6.07, 6.45) is 0. The van der Waals surface area contributed by atoms with Gasteiger partial charge in [0, 0.05) is 38.6 Å². The molecule has 4 nitrogen and oxygen atoms in total. The zero-order chi connectivity index (χ0) is 17.4. The summed E-state index contributed by atoms with van der Waals surface area (Å²) in [6, 6.07) is 11.0. The molecule has 0 amide bonds. The van der Waals surface area contributed by atoms with Gasteiger partial charge in [0.25, 0.3) is 0 Å². The average molecular weight is 357 g/mol. The number of hydrogen-bond acceptors (Lipinski definition) is 4. The number of rotatable bonds is 4. The van der Waals surface area contributed by atoms with Crippen molar-refractivity contribution in [3.05, 3.63) is 57.6 Å². The molecule has 0 aliphatic rings. The third-order valence-corrected chi connectivity index (χ3v) is 3.74. The van der Waals surface area contributed by atoms with E-state index in [1.54, 1.807) is 24.3 Å². The van der Waals surface area contributed by atoms with Crippen molar-refractivity contribution in [2.75, 3.05) is 11.1 Å². The smallest absolute Gasteiger partial charge is 0.0716 e. The lowest BCUT2D eigenvalue weighted by atomic mass is 10.1. The van der Waals surface area contributed by atoms with Gasteiger partial charge in [0.2, 0.25) is 0 Å². The minimum Gasteiger partial charge on any atom is -0.398 e. The molecule has 0 bridgehead atoms. The lowest BCUT2D eigenvalue weighted by Gasteiger charge is -2.14. The van der Waals surface area contributed by atoms with Crippen LogP contribution in [-0.4, -0.2) is 16.3 Å². The summed E-state index contributed by atoms with van der Waals surface area (Å²) in [5, 5.41) is 22.2. The Morgan fingerprint density at radius 3 is 1.91 bits per heavy atom. The molecule has 0 fully saturated rings. The molecule has 0 aliphatic heterocycles. The predicted molar refractivity (Wildman–Crippen MR) is 97.9 cm³/mol. The Bertz CT molecular complexity index is 614. The lowest BCUT2D eigenvalue weighted by molar-refractivity contribution is 0.282. The highest BCUT2D eigenvalue weighted by Gasteiger charge is 2.05. The van der Waals surface area contributed by atoms with Crippen molar-refractivity contribution in [1.29, 1.82) is 0 Å². The molecule has 0 heterocycles. The molecule has 0 spiro atoms. The number of anilines is 2. The molecule has 0 aliphatic carbocycles. The number of hydrogen-bond donors (Lipinski definition) is 4. The number of aliphatic hydroxyl groups is 2. The molecule has 2 aromatic carbocycles. The van der Waals surface area contributed by atoms with Gasteiger partial charge in [0.15, 0.2) is 0 Å². The summed E-state index contributed by atoms with van der Waals surface area (Å²) in [5.74, 6) is 0. The maximum atomic E-state index is 9.09. The summed E-state index contributed by atoms with van der Waals surface area (Å²) < 4.78 is 0. The number of aliphatic hydroxyl groups excluding tert-OH is 2. The Labute approximate surface area is 146 Å². The first kappa shape index (κ1) is 19.6. The predicted octanol–water partition coefficient (Wildman–Crippen LogP) is 4.07. The second-order valence-electron chi connectivity index (χ2n) is 5.19. The van der Waals surface area contributed by atoms with Crippen LogP contribution in [0.5, 0.6) is 0 Å². The maximum Gasteiger partial charge on any atom is 0.0716 e. The zero-order valence-electron chi connectivity index (χ0n) is 13.2. The van der Waals surface area contributed by atoms with Gasteiger partial charge in [0.1, 0.15) is 0 Å². The summed E-state index contributed by atoms with van der Waals surface area (Å²) in [6.45, 7) is 3.95. The largest absolute Gasteiger partial charge is 0.398 e. The molecular weight excluding hydrogens is 335 g/mol. The van der Waals surface area contributed by atoms with E-state index in [2.05, 4.69) is 5.32 Å². The van der Waals surface area contributed by atoms with Gasteiger partial charge in [-0.1, -0.05) is 35.3 Å². The van der Waals surface area contributed by atoms with E-state index in [1.807, 2.05) is 26.0 Å². The topological polar surface area (TPSA) is 78.5 Å². The SMILES string of the molecule is CC(C)Nc1cccc(Cl)c1CO.Nc1cccc(Cl)c1CO. The Balaban J connectivity index is 0.000000238. The summed E-state index contributed by atoms with van der Waals surface area (Å²) in [5.41, 5.74) is 8.29. The van der Waals surface area contributed by atoms with Crippen molar-refractivity contribution in [3.8, 4) is 0 Å². The normalized spacial score (nSPS) is 10.2. The molecule has 0 saturated carbocycles. The molecule has 5 N–H and O–H groups in total. The van der Waals surface area contributed by atoms with Crippen molar-refractivity contribution in [3.63, 3.8) is 0 Å². The van der Waals surface area contributed by atoms with Crippen molar-refractivity contribution in [1.82, 2.24) is 0 Å². The second-order valence-corrected chi connectivity index (χ2v) is 6.00. The first-order valence-electron chi connectivity index (χ1n) is 7.19. The molecule has 0 atom stereocenters. The minimum atomic E-state index is -0.106. The third-order valence-electron chi connectivity index (χ3n) is 3.03. The van der Waals surface area contributed by atoms with Crippen LogP contribution in [0.4, 0.5) is 11.4 Å². The van der Waals surface area contributed by atoms with Crippen LogP contribution in [-0.2, 0) is 13.2 Å². The molecule has 0 radical (unpaired) electrons. The monoisotopic (exact) mass is 356 g/mol. The van der Waals surface area contributed by atoms with Gasteiger partial charge in [0.05, 0.1) is 13.2 Å². The van der Waals surface area contributed by atoms with Crippen molar-refractivity contribution in [2.45, 2.75) is 33.1 Å². The van der Waals surface area contributed by atoms with Crippen LogP contribution in [0, 0.1) is 0 Å². The lowest BCUT2D eigenvalue weighted by Crippen LogP contribution is -2.11. The van der Waals surface area contributed by atoms with Crippen LogP contribution in [0.1, 0.15) is 25.0 Å². The minimum absolute atomic E-state index is 0.0330. The Morgan fingerprint density at radius 1 is 0.957 bits per heavy atom. The molecule has 126 valence electrons. The van der Waals surface area contributed by atoms with Gasteiger partial charge in [-0.3, -0.25) is 0 Å². The Hall–Kier alpha value is -1.46. The Kier molecular flexibility index (Phi) is 8.20. The van der Waals surface area contributed by atoms with Crippen LogP contribution in [0.25, 0.3) is 0 Å². The van der Waals surface area contributed by atoms with E-state index in [-0.39, 0.29) is 13.2 Å². The number of nitrogen functional groups attached to an aromatic ring is 1. The average Bonchev–Trinajstić information content (AvgIpc) is 2.48. The van der Waals surface area contributed by atoms with Crippen molar-refractivity contribution in [2.24, 2.45) is 0 Å². The first-order valence-corrected chi connectivity index (χ1v) is 7.94. The van der Waals surface area contributed by atoms with Gasteiger partial charge in [-0.05, 0) is 38.1 Å². The van der Waals surface area contributed by atoms with E-state index < -0.39 is 0 Å². The molecule has 2 rings (SSSR count). The maximum absolute atomic E-state index is 9.09. The van der Waals surface area contributed by atoms with E-state index >= 15 is 0 Å². The molecule has 0 aromatic heterocycles. The quantitative estimate of drug-likeness (QED) is 0.622. The van der Waals surface area contributed by atoms with Gasteiger partial charge in [-0.15, -0.1) is 0 Å². The van der Waals surface area contributed by atoms with Crippen LogP contribution in [0.2, 0.25) is 10.0 Å². The van der Waals surface area contributed by atoms with E-state index in [0.717, 1.165) is 11.3 Å². The highest BCUT2D eigenvalue weighted by atomic mass is 35.5. The van der Waals surface area contributed by atoms with Crippen LogP contribution >= 0.6 is 23.2 Å². The molecule has 23 heavy (non-hydrogen) atoms. The van der Waals surface area contributed by atoms with E-state index in [1.165, 1.54) is 0 Å². The van der Waals surface area contributed by atoms with Crippen molar-refractivity contribution < 1.29 is 10.2 Å². The van der Waals surface area contributed by atoms with Crippen LogP contribution in [0.15, 0.2) is 36.4 Å². The van der Waals surface area contributed by atoms with E-state index in [0.29, 0.717) is 27.3 Å². The van der Waals surface area contributed by atoms with Gasteiger partial charge in [-0.25, -0.2) is 0 Å². The molecule has 0 unspecified atom stereocenters. The number of nitrogens with two attached hydrogens (primary N) is 1. The zero-order valence-corrected chi connectivity index (χ0v) is 14.7. The third kappa shape index (κ3) is 5.92. The second kappa shape index (κ2) is 9.63. The summed E-state index contributed by atoms with van der Waals surface area (Å²) >= 11 is 11.6. The molecule has 6 heteroatoms. The first-order chi connectivity index (χ1) is 10.9. The van der Waals surface area contributed by atoms with Crippen molar-refractivity contribution >= 4 is 34.6 Å². The molecule has 0 saturated heterocycles. The van der Waals surface area contributed by atoms with Gasteiger partial charge < -0.3 is 21.3 Å². The Morgan fingerprint density at radius 2 is 1.48 bits per heavy atom. The summed E-state index contributed by atoms with van der Waals surface area (Å²) in [4.78, 5) is 0. The van der Waals surface area contributed by atoms with E-state index in [4.69, 9.17) is 39.1 Å². The van der Waals surface area contributed by atoms with Gasteiger partial charge >= 0.3 is 0 Å². The standard InChI is InChI=1S/C10H14ClNO.C7H8ClNO/c1-7(2)12-10-5-3-4-9(11)8(10)6-13;8-6-2-1-3-7(9)5(6)4-10/h3-5,7,12-13H,6H2,1-2H3;1-3,10H,4,9H2. The fraction of sp³-hybridized carbons (Fsp3) is 0.294. The molecular formula is C17H22Cl2N2O2. The highest BCUT2D eigenvalue weighted by molar-refractivity contribution is 6.32. The number of benzene rings is 2. The fourth-order valence-corrected chi connectivity index (χ4v) is 2.38. The number of halogens is 2. The fourth-order valence-electron chi connectivity index (χ4n) is 1.91. The molecule has 2 aromatic rings. The van der Waals surface area contributed by atoms with Crippen LogP contribution in [0.3, 0.4) is 0 Å². The van der Waals surface area contributed by atoms with Gasteiger partial charge in [-0.2, -0.15) is 0 Å². The number of nitrogens with one attached hydrogen (secondary N) is 1.